The van der Waals surface area contributed by atoms with Gasteiger partial charge in [-0.2, -0.15) is 0 Å². The number of fused-ring (bicyclic) bond motifs is 1. The van der Waals surface area contributed by atoms with Gasteiger partial charge in [0.25, 0.3) is 0 Å². The van der Waals surface area contributed by atoms with Gasteiger partial charge in [0.2, 0.25) is 0 Å². The molecule has 20 heavy (non-hydrogen) atoms. The van der Waals surface area contributed by atoms with E-state index in [1.807, 2.05) is 18.2 Å². The van der Waals surface area contributed by atoms with Crippen molar-refractivity contribution < 1.29 is 13.2 Å². The smallest absolute Gasteiger partial charge is 0.134 e. The van der Waals surface area contributed by atoms with E-state index in [2.05, 4.69) is 0 Å². The average molecular weight is 273 g/mol. The third-order valence-electron chi connectivity index (χ3n) is 3.36. The normalized spacial score (nSPS) is 12.8. The van der Waals surface area contributed by atoms with E-state index in [4.69, 9.17) is 10.2 Å². The molecule has 1 aromatic heterocycles. The standard InChI is InChI=1S/C16H13F2NO/c1-9-6-13(18)11(8-12(9)17)16(19)15-7-10-4-2-3-5-14(10)20-15/h2-8,16H,19H2,1H3. The highest BCUT2D eigenvalue weighted by Gasteiger charge is 2.19. The maximum absolute atomic E-state index is 13.9. The first-order valence-electron chi connectivity index (χ1n) is 6.26. The Balaban J connectivity index is 2.07. The lowest BCUT2D eigenvalue weighted by Crippen LogP contribution is -2.13. The predicted molar refractivity (Wildman–Crippen MR) is 73.3 cm³/mol. The number of benzene rings is 2. The van der Waals surface area contributed by atoms with Crippen LogP contribution < -0.4 is 5.73 Å². The molecule has 4 heteroatoms. The number of hydrogen-bond donors (Lipinski definition) is 1. The molecule has 0 aliphatic heterocycles. The lowest BCUT2D eigenvalue weighted by atomic mass is 10.0. The highest BCUT2D eigenvalue weighted by molar-refractivity contribution is 5.77. The number of nitrogens with two attached hydrogens (primary N) is 1. The van der Waals surface area contributed by atoms with Crippen LogP contribution in [0.5, 0.6) is 0 Å². The molecule has 1 atom stereocenters. The Morgan fingerprint density at radius 3 is 2.55 bits per heavy atom. The minimum Gasteiger partial charge on any atom is -0.459 e. The quantitative estimate of drug-likeness (QED) is 0.764. The second-order valence-corrected chi connectivity index (χ2v) is 4.79. The van der Waals surface area contributed by atoms with Gasteiger partial charge in [-0.1, -0.05) is 18.2 Å². The number of aryl methyl sites for hydroxylation is 1. The van der Waals surface area contributed by atoms with Crippen LogP contribution in [0.3, 0.4) is 0 Å². The summed E-state index contributed by atoms with van der Waals surface area (Å²) < 4.78 is 33.1. The molecular weight excluding hydrogens is 260 g/mol. The van der Waals surface area contributed by atoms with Crippen molar-refractivity contribution in [3.63, 3.8) is 0 Å². The van der Waals surface area contributed by atoms with Crippen molar-refractivity contribution in [1.29, 1.82) is 0 Å². The first-order chi connectivity index (χ1) is 9.56. The third kappa shape index (κ3) is 2.08. The molecule has 1 heterocycles. The van der Waals surface area contributed by atoms with Gasteiger partial charge in [-0.05, 0) is 36.8 Å². The Morgan fingerprint density at radius 2 is 1.80 bits per heavy atom. The fourth-order valence-electron chi connectivity index (χ4n) is 2.21. The summed E-state index contributed by atoms with van der Waals surface area (Å²) >= 11 is 0. The summed E-state index contributed by atoms with van der Waals surface area (Å²) in [5.41, 5.74) is 7.01. The molecule has 0 saturated heterocycles. The highest BCUT2D eigenvalue weighted by Crippen LogP contribution is 2.29. The van der Waals surface area contributed by atoms with E-state index < -0.39 is 17.7 Å². The van der Waals surface area contributed by atoms with E-state index in [0.717, 1.165) is 17.5 Å². The molecule has 0 radical (unpaired) electrons. The lowest BCUT2D eigenvalue weighted by Gasteiger charge is -2.11. The molecule has 0 fully saturated rings. The summed E-state index contributed by atoms with van der Waals surface area (Å²) in [5, 5.41) is 0.881. The zero-order chi connectivity index (χ0) is 14.3. The van der Waals surface area contributed by atoms with Crippen molar-refractivity contribution in [1.82, 2.24) is 0 Å². The molecule has 0 aliphatic rings. The van der Waals surface area contributed by atoms with E-state index in [-0.39, 0.29) is 11.1 Å². The topological polar surface area (TPSA) is 39.2 Å². The van der Waals surface area contributed by atoms with Gasteiger partial charge in [0, 0.05) is 10.9 Å². The van der Waals surface area contributed by atoms with Crippen LogP contribution in [0, 0.1) is 18.6 Å². The van der Waals surface area contributed by atoms with Gasteiger partial charge in [-0.25, -0.2) is 8.78 Å². The molecule has 0 bridgehead atoms. The Labute approximate surface area is 114 Å². The van der Waals surface area contributed by atoms with Gasteiger partial charge in [0.15, 0.2) is 0 Å². The van der Waals surface area contributed by atoms with Crippen molar-refractivity contribution >= 4 is 11.0 Å². The van der Waals surface area contributed by atoms with Crippen LogP contribution in [0.4, 0.5) is 8.78 Å². The maximum Gasteiger partial charge on any atom is 0.134 e. The number of halogens is 2. The summed E-state index contributed by atoms with van der Waals surface area (Å²) in [7, 11) is 0. The van der Waals surface area contributed by atoms with Crippen LogP contribution in [-0.4, -0.2) is 0 Å². The molecule has 0 spiro atoms. The van der Waals surface area contributed by atoms with E-state index >= 15 is 0 Å². The van der Waals surface area contributed by atoms with Gasteiger partial charge >= 0.3 is 0 Å². The van der Waals surface area contributed by atoms with Crippen molar-refractivity contribution in [2.45, 2.75) is 13.0 Å². The monoisotopic (exact) mass is 273 g/mol. The first kappa shape index (κ1) is 12.8. The van der Waals surface area contributed by atoms with Crippen LogP contribution in [0.2, 0.25) is 0 Å². The lowest BCUT2D eigenvalue weighted by molar-refractivity contribution is 0.505. The zero-order valence-corrected chi connectivity index (χ0v) is 10.9. The second kappa shape index (κ2) is 4.72. The molecule has 0 amide bonds. The third-order valence-corrected chi connectivity index (χ3v) is 3.36. The molecule has 3 aromatic rings. The highest BCUT2D eigenvalue weighted by atomic mass is 19.1. The van der Waals surface area contributed by atoms with Gasteiger partial charge in [0.05, 0.1) is 6.04 Å². The fourth-order valence-corrected chi connectivity index (χ4v) is 2.21. The van der Waals surface area contributed by atoms with E-state index in [0.29, 0.717) is 11.3 Å². The summed E-state index contributed by atoms with van der Waals surface area (Å²) in [4.78, 5) is 0. The fraction of sp³-hybridized carbons (Fsp3) is 0.125. The van der Waals surface area contributed by atoms with E-state index in [1.165, 1.54) is 6.92 Å². The SMILES string of the molecule is Cc1cc(F)c(C(N)c2cc3ccccc3o2)cc1F. The summed E-state index contributed by atoms with van der Waals surface area (Å²) in [6, 6.07) is 10.6. The maximum atomic E-state index is 13.9. The molecular formula is C16H13F2NO. The molecule has 1 unspecified atom stereocenters. The number of hydrogen-bond acceptors (Lipinski definition) is 2. The van der Waals surface area contributed by atoms with Crippen molar-refractivity contribution in [2.24, 2.45) is 5.73 Å². The molecule has 2 nitrogen and oxygen atoms in total. The largest absolute Gasteiger partial charge is 0.459 e. The van der Waals surface area contributed by atoms with Crippen LogP contribution in [0.1, 0.15) is 22.9 Å². The number of para-hydroxylation sites is 1. The van der Waals surface area contributed by atoms with Crippen LogP contribution >= 0.6 is 0 Å². The van der Waals surface area contributed by atoms with Crippen molar-refractivity contribution in [3.8, 4) is 0 Å². The molecule has 3 rings (SSSR count). The van der Waals surface area contributed by atoms with Gasteiger partial charge in [-0.3, -0.25) is 0 Å². The Bertz CT molecular complexity index is 746. The van der Waals surface area contributed by atoms with Crippen LogP contribution in [0.15, 0.2) is 46.9 Å². The molecule has 2 N–H and O–H groups in total. The van der Waals surface area contributed by atoms with E-state index in [9.17, 15) is 8.78 Å². The van der Waals surface area contributed by atoms with Crippen LogP contribution in [-0.2, 0) is 0 Å². The second-order valence-electron chi connectivity index (χ2n) is 4.79. The van der Waals surface area contributed by atoms with Gasteiger partial charge in [-0.15, -0.1) is 0 Å². The predicted octanol–water partition coefficient (Wildman–Crippen LogP) is 4.07. The van der Waals surface area contributed by atoms with Crippen LogP contribution in [0.25, 0.3) is 11.0 Å². The number of furan rings is 1. The molecule has 0 aliphatic carbocycles. The van der Waals surface area contributed by atoms with Crippen molar-refractivity contribution in [2.75, 3.05) is 0 Å². The van der Waals surface area contributed by atoms with E-state index in [1.54, 1.807) is 12.1 Å². The zero-order valence-electron chi connectivity index (χ0n) is 10.9. The van der Waals surface area contributed by atoms with Crippen molar-refractivity contribution in [3.05, 3.63) is 71.0 Å². The molecule has 2 aromatic carbocycles. The first-order valence-corrected chi connectivity index (χ1v) is 6.26. The molecule has 0 saturated carbocycles. The summed E-state index contributed by atoms with van der Waals surface area (Å²) in [6.45, 7) is 1.51. The van der Waals surface area contributed by atoms with Gasteiger partial charge < -0.3 is 10.2 Å². The Hall–Kier alpha value is -2.20. The minimum absolute atomic E-state index is 0.0900. The van der Waals surface area contributed by atoms with Gasteiger partial charge in [0.1, 0.15) is 23.0 Å². The number of rotatable bonds is 2. The average Bonchev–Trinajstić information content (AvgIpc) is 2.86. The Kier molecular flexibility index (Phi) is 3.03. The minimum atomic E-state index is -0.836. The molecule has 102 valence electrons. The summed E-state index contributed by atoms with van der Waals surface area (Å²) in [5.74, 6) is -0.599. The summed E-state index contributed by atoms with van der Waals surface area (Å²) in [6.07, 6.45) is 0. The Morgan fingerprint density at radius 1 is 1.05 bits per heavy atom.